The summed E-state index contributed by atoms with van der Waals surface area (Å²) in [5.74, 6) is -0.282. The van der Waals surface area contributed by atoms with Crippen molar-refractivity contribution in [2.24, 2.45) is 0 Å². The van der Waals surface area contributed by atoms with E-state index in [4.69, 9.17) is 21.3 Å². The summed E-state index contributed by atoms with van der Waals surface area (Å²) in [5.41, 5.74) is 4.44. The molecule has 2 N–H and O–H groups in total. The van der Waals surface area contributed by atoms with Gasteiger partial charge in [0.05, 0.1) is 18.5 Å². The summed E-state index contributed by atoms with van der Waals surface area (Å²) in [4.78, 5) is 31.8. The van der Waals surface area contributed by atoms with E-state index < -0.39 is 5.91 Å². The number of nitrogens with one attached hydrogen (secondary N) is 2. The SMILES string of the molecule is COc1ccc(-c2cc(-c3ccccc3)nc3sc(C(=O)Nc4ccccc4)c(NC(=O)CCl)c23)cc1. The topological polar surface area (TPSA) is 80.3 Å². The quantitative estimate of drug-likeness (QED) is 0.222. The van der Waals surface area contributed by atoms with Crippen molar-refractivity contribution in [2.45, 2.75) is 0 Å². The Bertz CT molecular complexity index is 1570. The number of carbonyl (C=O) groups is 2. The smallest absolute Gasteiger partial charge is 0.267 e. The zero-order valence-electron chi connectivity index (χ0n) is 19.8. The molecule has 8 heteroatoms. The van der Waals surface area contributed by atoms with Crippen LogP contribution in [0.4, 0.5) is 11.4 Å². The second kappa shape index (κ2) is 10.8. The van der Waals surface area contributed by atoms with Crippen LogP contribution in [-0.4, -0.2) is 29.8 Å². The molecule has 184 valence electrons. The maximum Gasteiger partial charge on any atom is 0.267 e. The van der Waals surface area contributed by atoms with Gasteiger partial charge < -0.3 is 15.4 Å². The number of carbonyl (C=O) groups excluding carboxylic acids is 2. The summed E-state index contributed by atoms with van der Waals surface area (Å²) < 4.78 is 5.33. The normalized spacial score (nSPS) is 10.8. The third-order valence-corrected chi connectivity index (χ3v) is 7.08. The highest BCUT2D eigenvalue weighted by Gasteiger charge is 2.25. The van der Waals surface area contributed by atoms with E-state index in [2.05, 4.69) is 10.6 Å². The Morgan fingerprint density at radius 2 is 1.57 bits per heavy atom. The Morgan fingerprint density at radius 1 is 0.892 bits per heavy atom. The fraction of sp³-hybridized carbons (Fsp3) is 0.0690. The zero-order valence-corrected chi connectivity index (χ0v) is 21.4. The molecule has 0 saturated carbocycles. The van der Waals surface area contributed by atoms with Gasteiger partial charge in [-0.3, -0.25) is 9.59 Å². The molecule has 0 unspecified atom stereocenters. The second-order valence-corrected chi connectivity index (χ2v) is 9.40. The molecule has 5 aromatic rings. The molecule has 2 amide bonds. The number of nitrogens with zero attached hydrogens (tertiary/aromatic N) is 1. The molecule has 3 aromatic carbocycles. The lowest BCUT2D eigenvalue weighted by Gasteiger charge is -2.12. The van der Waals surface area contributed by atoms with Gasteiger partial charge in [0.2, 0.25) is 5.91 Å². The van der Waals surface area contributed by atoms with Crippen molar-refractivity contribution in [3.05, 3.63) is 95.9 Å². The number of methoxy groups -OCH3 is 1. The molecule has 0 spiro atoms. The number of anilines is 2. The number of alkyl halides is 1. The number of thiophene rings is 1. The van der Waals surface area contributed by atoms with Crippen molar-refractivity contribution in [3.8, 4) is 28.1 Å². The van der Waals surface area contributed by atoms with Crippen LogP contribution in [-0.2, 0) is 4.79 Å². The van der Waals surface area contributed by atoms with Gasteiger partial charge in [-0.25, -0.2) is 4.98 Å². The Kier molecular flexibility index (Phi) is 7.16. The minimum atomic E-state index is -0.414. The van der Waals surface area contributed by atoms with E-state index in [1.165, 1.54) is 11.3 Å². The van der Waals surface area contributed by atoms with Crippen molar-refractivity contribution < 1.29 is 14.3 Å². The number of benzene rings is 3. The van der Waals surface area contributed by atoms with E-state index in [0.29, 0.717) is 26.5 Å². The Labute approximate surface area is 222 Å². The second-order valence-electron chi connectivity index (χ2n) is 8.14. The summed E-state index contributed by atoms with van der Waals surface area (Å²) in [7, 11) is 1.61. The molecule has 0 saturated heterocycles. The Hall–Kier alpha value is -4.20. The van der Waals surface area contributed by atoms with Crippen molar-refractivity contribution >= 4 is 56.3 Å². The average Bonchev–Trinajstić information content (AvgIpc) is 3.31. The molecule has 0 fully saturated rings. The third kappa shape index (κ3) is 5.18. The predicted molar refractivity (Wildman–Crippen MR) is 151 cm³/mol. The monoisotopic (exact) mass is 527 g/mol. The number of pyridine rings is 1. The molecule has 0 aliphatic rings. The zero-order chi connectivity index (χ0) is 25.8. The maximum atomic E-state index is 13.4. The standard InChI is InChI=1S/C29H22ClN3O3S/c1-36-21-14-12-18(13-15-21)22-16-23(19-8-4-2-5-9-19)32-29-25(22)26(33-24(34)17-30)27(37-29)28(35)31-20-10-6-3-7-11-20/h2-16H,17H2,1H3,(H,31,35)(H,33,34). The van der Waals surface area contributed by atoms with Gasteiger partial charge in [-0.1, -0.05) is 60.7 Å². The Morgan fingerprint density at radius 3 is 2.22 bits per heavy atom. The minimum absolute atomic E-state index is 0.246. The maximum absolute atomic E-state index is 13.4. The number of rotatable bonds is 7. The van der Waals surface area contributed by atoms with Gasteiger partial charge in [-0.15, -0.1) is 22.9 Å². The molecule has 2 heterocycles. The molecular formula is C29H22ClN3O3S. The average molecular weight is 528 g/mol. The van der Waals surface area contributed by atoms with Gasteiger partial charge >= 0.3 is 0 Å². The molecule has 0 radical (unpaired) electrons. The molecule has 0 aliphatic carbocycles. The summed E-state index contributed by atoms with van der Waals surface area (Å²) in [6, 6.07) is 28.6. The third-order valence-electron chi connectivity index (χ3n) is 5.76. The van der Waals surface area contributed by atoms with Gasteiger partial charge in [0.25, 0.3) is 5.91 Å². The fourth-order valence-corrected chi connectivity index (χ4v) is 5.13. The van der Waals surface area contributed by atoms with Gasteiger partial charge in [-0.05, 0) is 41.5 Å². The number of hydrogen-bond acceptors (Lipinski definition) is 5. The van der Waals surface area contributed by atoms with Crippen LogP contribution in [0.15, 0.2) is 91.0 Å². The van der Waals surface area contributed by atoms with Gasteiger partial charge in [0.1, 0.15) is 21.3 Å². The molecule has 2 aromatic heterocycles. The molecule has 5 rings (SSSR count). The number of aromatic nitrogens is 1. The molecule has 6 nitrogen and oxygen atoms in total. The largest absolute Gasteiger partial charge is 0.497 e. The number of para-hydroxylation sites is 1. The molecule has 0 aliphatic heterocycles. The highest BCUT2D eigenvalue weighted by molar-refractivity contribution is 7.21. The van der Waals surface area contributed by atoms with Crippen LogP contribution >= 0.6 is 22.9 Å². The molecular weight excluding hydrogens is 506 g/mol. The van der Waals surface area contributed by atoms with E-state index in [1.54, 1.807) is 19.2 Å². The lowest BCUT2D eigenvalue weighted by atomic mass is 9.99. The van der Waals surface area contributed by atoms with Crippen LogP contribution in [0.1, 0.15) is 9.67 Å². The molecule has 37 heavy (non-hydrogen) atoms. The van der Waals surface area contributed by atoms with Gasteiger partial charge in [-0.2, -0.15) is 0 Å². The predicted octanol–water partition coefficient (Wildman–Crippen LogP) is 7.07. The van der Waals surface area contributed by atoms with Crippen molar-refractivity contribution in [1.29, 1.82) is 0 Å². The van der Waals surface area contributed by atoms with Crippen molar-refractivity contribution in [3.63, 3.8) is 0 Å². The first-order chi connectivity index (χ1) is 18.1. The van der Waals surface area contributed by atoms with Crippen molar-refractivity contribution in [2.75, 3.05) is 23.6 Å². The van der Waals surface area contributed by atoms with E-state index >= 15 is 0 Å². The van der Waals surface area contributed by atoms with Crippen LogP contribution < -0.4 is 15.4 Å². The number of fused-ring (bicyclic) bond motifs is 1. The van der Waals surface area contributed by atoms with Crippen LogP contribution in [0.2, 0.25) is 0 Å². The number of amides is 2. The summed E-state index contributed by atoms with van der Waals surface area (Å²) in [6.07, 6.45) is 0. The highest BCUT2D eigenvalue weighted by atomic mass is 35.5. The minimum Gasteiger partial charge on any atom is -0.497 e. The first kappa shape index (κ1) is 24.5. The summed E-state index contributed by atoms with van der Waals surface area (Å²) >= 11 is 7.06. The van der Waals surface area contributed by atoms with Crippen LogP contribution in [0.5, 0.6) is 5.75 Å². The first-order valence-corrected chi connectivity index (χ1v) is 12.8. The van der Waals surface area contributed by atoms with Crippen LogP contribution in [0.25, 0.3) is 32.6 Å². The highest BCUT2D eigenvalue weighted by Crippen LogP contribution is 2.43. The molecule has 0 bridgehead atoms. The number of halogens is 1. The van der Waals surface area contributed by atoms with E-state index in [1.807, 2.05) is 78.9 Å². The van der Waals surface area contributed by atoms with Crippen LogP contribution in [0, 0.1) is 0 Å². The number of ether oxygens (including phenoxy) is 1. The summed E-state index contributed by atoms with van der Waals surface area (Å²) in [6.45, 7) is 0. The van der Waals surface area contributed by atoms with Crippen molar-refractivity contribution in [1.82, 2.24) is 4.98 Å². The van der Waals surface area contributed by atoms with Crippen LogP contribution in [0.3, 0.4) is 0 Å². The lowest BCUT2D eigenvalue weighted by molar-refractivity contribution is -0.113. The van der Waals surface area contributed by atoms with Gasteiger partial charge in [0.15, 0.2) is 0 Å². The van der Waals surface area contributed by atoms with Gasteiger partial charge in [0, 0.05) is 16.6 Å². The molecule has 0 atom stereocenters. The first-order valence-electron chi connectivity index (χ1n) is 11.5. The van der Waals surface area contributed by atoms with E-state index in [-0.39, 0.29) is 11.8 Å². The van der Waals surface area contributed by atoms with E-state index in [0.717, 1.165) is 28.1 Å². The lowest BCUT2D eigenvalue weighted by Crippen LogP contribution is -2.17. The van der Waals surface area contributed by atoms with E-state index in [9.17, 15) is 9.59 Å². The summed E-state index contributed by atoms with van der Waals surface area (Å²) in [5, 5.41) is 6.44. The number of hydrogen-bond donors (Lipinski definition) is 2. The fourth-order valence-electron chi connectivity index (χ4n) is 4.01. The Balaban J connectivity index is 1.74.